The second-order valence-corrected chi connectivity index (χ2v) is 5.36. The molecule has 1 aliphatic heterocycles. The number of nitro benzene ring substituents is 1. The quantitative estimate of drug-likeness (QED) is 0.672. The largest absolute Gasteiger partial charge is 0.312 e. The highest BCUT2D eigenvalue weighted by Gasteiger charge is 2.47. The standard InChI is InChI=1S/C14H15N3O3/c1-2-3-12-15-13(18)14(16-12)7-9-4-5-11(17(19)20)6-10(9)8-14/h4-6H,2-3,7-8H2,1H3,(H,15,16,18). The predicted molar refractivity (Wildman–Crippen MR) is 73.7 cm³/mol. The summed E-state index contributed by atoms with van der Waals surface area (Å²) in [6.45, 7) is 2.03. The monoisotopic (exact) mass is 273 g/mol. The van der Waals surface area contributed by atoms with E-state index in [0.717, 1.165) is 29.8 Å². The van der Waals surface area contributed by atoms with E-state index in [1.807, 2.05) is 6.92 Å². The number of carbonyl (C=O) groups excluding carboxylic acids is 1. The second kappa shape index (κ2) is 4.40. The third-order valence-corrected chi connectivity index (χ3v) is 3.88. The van der Waals surface area contributed by atoms with Gasteiger partial charge in [-0.3, -0.25) is 19.9 Å². The average molecular weight is 273 g/mol. The topological polar surface area (TPSA) is 84.6 Å². The number of nitrogens with one attached hydrogen (secondary N) is 1. The van der Waals surface area contributed by atoms with E-state index in [9.17, 15) is 14.9 Å². The van der Waals surface area contributed by atoms with E-state index in [1.54, 1.807) is 12.1 Å². The van der Waals surface area contributed by atoms with E-state index in [-0.39, 0.29) is 11.6 Å². The second-order valence-electron chi connectivity index (χ2n) is 5.36. The normalized spacial score (nSPS) is 23.6. The van der Waals surface area contributed by atoms with Crippen LogP contribution < -0.4 is 5.32 Å². The van der Waals surface area contributed by atoms with Crippen LogP contribution >= 0.6 is 0 Å². The molecule has 1 amide bonds. The Morgan fingerprint density at radius 3 is 2.85 bits per heavy atom. The van der Waals surface area contributed by atoms with Crippen LogP contribution in [-0.2, 0) is 17.6 Å². The maximum Gasteiger partial charge on any atom is 0.269 e. The Morgan fingerprint density at radius 2 is 2.15 bits per heavy atom. The van der Waals surface area contributed by atoms with Gasteiger partial charge in [-0.15, -0.1) is 0 Å². The number of carbonyl (C=O) groups is 1. The predicted octanol–water partition coefficient (Wildman–Crippen LogP) is 1.76. The summed E-state index contributed by atoms with van der Waals surface area (Å²) in [7, 11) is 0. The molecular weight excluding hydrogens is 258 g/mol. The molecule has 6 heteroatoms. The van der Waals surface area contributed by atoms with Crippen molar-refractivity contribution in [1.29, 1.82) is 0 Å². The van der Waals surface area contributed by atoms with Gasteiger partial charge in [0.25, 0.3) is 11.6 Å². The highest BCUT2D eigenvalue weighted by atomic mass is 16.6. The molecule has 3 rings (SSSR count). The lowest BCUT2D eigenvalue weighted by Gasteiger charge is -2.14. The Bertz CT molecular complexity index is 639. The van der Waals surface area contributed by atoms with Crippen LogP contribution in [0.1, 0.15) is 30.9 Å². The van der Waals surface area contributed by atoms with Crippen LogP contribution in [0.3, 0.4) is 0 Å². The van der Waals surface area contributed by atoms with Gasteiger partial charge in [0.1, 0.15) is 11.4 Å². The molecule has 0 fully saturated rings. The minimum atomic E-state index is -0.776. The summed E-state index contributed by atoms with van der Waals surface area (Å²) in [6, 6.07) is 4.79. The van der Waals surface area contributed by atoms with Crippen LogP contribution in [0.2, 0.25) is 0 Å². The van der Waals surface area contributed by atoms with Gasteiger partial charge in [0.15, 0.2) is 0 Å². The van der Waals surface area contributed by atoms with Gasteiger partial charge in [-0.05, 0) is 17.5 Å². The molecule has 2 aliphatic rings. The molecule has 1 aromatic carbocycles. The Hall–Kier alpha value is -2.24. The highest BCUT2D eigenvalue weighted by molar-refractivity contribution is 6.08. The van der Waals surface area contributed by atoms with Crippen LogP contribution in [0.25, 0.3) is 0 Å². The van der Waals surface area contributed by atoms with Crippen molar-refractivity contribution in [3.05, 3.63) is 39.4 Å². The summed E-state index contributed by atoms with van der Waals surface area (Å²) in [5, 5.41) is 13.7. The lowest BCUT2D eigenvalue weighted by molar-refractivity contribution is -0.384. The number of hydrogen-bond donors (Lipinski definition) is 1. The van der Waals surface area contributed by atoms with Gasteiger partial charge in [0.2, 0.25) is 0 Å². The zero-order valence-corrected chi connectivity index (χ0v) is 11.2. The van der Waals surface area contributed by atoms with Gasteiger partial charge < -0.3 is 5.32 Å². The highest BCUT2D eigenvalue weighted by Crippen LogP contribution is 2.37. The summed E-state index contributed by atoms with van der Waals surface area (Å²) in [4.78, 5) is 27.2. The van der Waals surface area contributed by atoms with Gasteiger partial charge in [-0.2, -0.15) is 0 Å². The molecule has 1 atom stereocenters. The molecule has 0 aromatic heterocycles. The molecule has 0 saturated heterocycles. The molecule has 20 heavy (non-hydrogen) atoms. The molecule has 0 bridgehead atoms. The fraction of sp³-hybridized carbons (Fsp3) is 0.429. The molecule has 104 valence electrons. The molecule has 1 aromatic rings. The van der Waals surface area contributed by atoms with Crippen LogP contribution in [0.15, 0.2) is 23.2 Å². The van der Waals surface area contributed by atoms with Crippen LogP contribution in [0.5, 0.6) is 0 Å². The van der Waals surface area contributed by atoms with Crippen LogP contribution in [0.4, 0.5) is 5.69 Å². The summed E-state index contributed by atoms with van der Waals surface area (Å²) in [5.41, 5.74) is 1.13. The summed E-state index contributed by atoms with van der Waals surface area (Å²) in [6.07, 6.45) is 2.65. The van der Waals surface area contributed by atoms with E-state index >= 15 is 0 Å². The van der Waals surface area contributed by atoms with Crippen molar-refractivity contribution in [2.24, 2.45) is 4.99 Å². The lowest BCUT2D eigenvalue weighted by Crippen LogP contribution is -2.40. The Balaban J connectivity index is 1.93. The van der Waals surface area contributed by atoms with Crippen molar-refractivity contribution in [2.45, 2.75) is 38.1 Å². The molecule has 1 spiro atoms. The zero-order chi connectivity index (χ0) is 14.3. The average Bonchev–Trinajstić information content (AvgIpc) is 2.90. The molecule has 6 nitrogen and oxygen atoms in total. The zero-order valence-electron chi connectivity index (χ0n) is 11.2. The van der Waals surface area contributed by atoms with Gasteiger partial charge in [-0.1, -0.05) is 13.0 Å². The summed E-state index contributed by atoms with van der Waals surface area (Å²) < 4.78 is 0. The number of non-ortho nitro benzene ring substituents is 1. The third kappa shape index (κ3) is 1.88. The van der Waals surface area contributed by atoms with Gasteiger partial charge in [-0.25, -0.2) is 0 Å². The Kier molecular flexibility index (Phi) is 2.81. The molecule has 1 aliphatic carbocycles. The Morgan fingerprint density at radius 1 is 1.40 bits per heavy atom. The van der Waals surface area contributed by atoms with Crippen molar-refractivity contribution < 1.29 is 9.72 Å². The number of nitro groups is 1. The SMILES string of the molecule is CCCC1=NC2(Cc3ccc([N+](=O)[O-])cc3C2)C(=O)N1. The number of nitrogens with zero attached hydrogens (tertiary/aromatic N) is 2. The van der Waals surface area contributed by atoms with E-state index in [1.165, 1.54) is 6.07 Å². The third-order valence-electron chi connectivity index (χ3n) is 3.88. The van der Waals surface area contributed by atoms with E-state index in [4.69, 9.17) is 0 Å². The number of hydrogen-bond acceptors (Lipinski definition) is 4. The minimum absolute atomic E-state index is 0.0666. The number of fused-ring (bicyclic) bond motifs is 1. The summed E-state index contributed by atoms with van der Waals surface area (Å²) in [5.74, 6) is 0.652. The molecule has 0 saturated carbocycles. The fourth-order valence-electron chi connectivity index (χ4n) is 2.93. The number of amides is 1. The lowest BCUT2D eigenvalue weighted by atomic mass is 9.97. The molecule has 0 radical (unpaired) electrons. The maximum absolute atomic E-state index is 12.2. The van der Waals surface area contributed by atoms with E-state index < -0.39 is 10.5 Å². The van der Waals surface area contributed by atoms with Crippen molar-refractivity contribution >= 4 is 17.4 Å². The first-order valence-electron chi connectivity index (χ1n) is 6.70. The smallest absolute Gasteiger partial charge is 0.269 e. The van der Waals surface area contributed by atoms with Gasteiger partial charge in [0, 0.05) is 31.4 Å². The number of benzene rings is 1. The maximum atomic E-state index is 12.2. The van der Waals surface area contributed by atoms with Crippen LogP contribution in [0, 0.1) is 10.1 Å². The number of aliphatic imine (C=N–C) groups is 1. The molecular formula is C14H15N3O3. The first-order chi connectivity index (χ1) is 9.54. The van der Waals surface area contributed by atoms with Gasteiger partial charge in [0.05, 0.1) is 4.92 Å². The van der Waals surface area contributed by atoms with Crippen LogP contribution in [-0.4, -0.2) is 22.2 Å². The molecule has 1 N–H and O–H groups in total. The van der Waals surface area contributed by atoms with E-state index in [2.05, 4.69) is 10.3 Å². The fourth-order valence-corrected chi connectivity index (χ4v) is 2.93. The summed E-state index contributed by atoms with van der Waals surface area (Å²) >= 11 is 0. The van der Waals surface area contributed by atoms with Crippen molar-refractivity contribution in [1.82, 2.24) is 5.32 Å². The molecule has 1 unspecified atom stereocenters. The first kappa shape index (κ1) is 12.8. The van der Waals surface area contributed by atoms with Crippen molar-refractivity contribution in [3.63, 3.8) is 0 Å². The first-order valence-corrected chi connectivity index (χ1v) is 6.70. The molecule has 1 heterocycles. The van der Waals surface area contributed by atoms with Crippen molar-refractivity contribution in [3.8, 4) is 0 Å². The van der Waals surface area contributed by atoms with Crippen molar-refractivity contribution in [2.75, 3.05) is 0 Å². The Labute approximate surface area is 116 Å². The number of rotatable bonds is 3. The minimum Gasteiger partial charge on any atom is -0.312 e. The van der Waals surface area contributed by atoms with E-state index in [0.29, 0.717) is 12.8 Å². The number of amidine groups is 1. The van der Waals surface area contributed by atoms with Gasteiger partial charge >= 0.3 is 0 Å².